The lowest BCUT2D eigenvalue weighted by molar-refractivity contribution is -0.122. The molecule has 0 aliphatic carbocycles. The van der Waals surface area contributed by atoms with E-state index >= 15 is 0 Å². The predicted molar refractivity (Wildman–Crippen MR) is 72.4 cm³/mol. The maximum absolute atomic E-state index is 11.8. The van der Waals surface area contributed by atoms with Crippen LogP contribution in [0.15, 0.2) is 6.20 Å². The number of carbonyl (C=O) groups is 2. The first-order valence-corrected chi connectivity index (χ1v) is 6.61. The lowest BCUT2D eigenvalue weighted by atomic mass is 10.3. The molecule has 0 bridgehead atoms. The van der Waals surface area contributed by atoms with Gasteiger partial charge in [-0.1, -0.05) is 19.1 Å². The van der Waals surface area contributed by atoms with E-state index < -0.39 is 5.97 Å². The SMILES string of the molecule is CCN(CC)CC(C)NC(=O)Cn1cc(C(=O)O)nn1. The summed E-state index contributed by atoms with van der Waals surface area (Å²) in [5.74, 6) is -1.38. The summed E-state index contributed by atoms with van der Waals surface area (Å²) >= 11 is 0. The largest absolute Gasteiger partial charge is 0.476 e. The van der Waals surface area contributed by atoms with Crippen molar-refractivity contribution >= 4 is 11.9 Å². The van der Waals surface area contributed by atoms with Crippen molar-refractivity contribution in [2.24, 2.45) is 0 Å². The van der Waals surface area contributed by atoms with Crippen molar-refractivity contribution in [3.05, 3.63) is 11.9 Å². The van der Waals surface area contributed by atoms with Crippen LogP contribution in [0.1, 0.15) is 31.3 Å². The van der Waals surface area contributed by atoms with Gasteiger partial charge in [0.2, 0.25) is 5.91 Å². The second-order valence-electron chi connectivity index (χ2n) is 4.56. The zero-order chi connectivity index (χ0) is 15.1. The molecule has 8 nitrogen and oxygen atoms in total. The molecule has 1 heterocycles. The van der Waals surface area contributed by atoms with Gasteiger partial charge in [0.05, 0.1) is 6.20 Å². The van der Waals surface area contributed by atoms with Gasteiger partial charge in [0.1, 0.15) is 6.54 Å². The normalized spacial score (nSPS) is 12.4. The second kappa shape index (κ2) is 7.59. The lowest BCUT2D eigenvalue weighted by Crippen LogP contribution is -2.43. The maximum Gasteiger partial charge on any atom is 0.358 e. The van der Waals surface area contributed by atoms with Crippen LogP contribution in [0.25, 0.3) is 0 Å². The Labute approximate surface area is 117 Å². The van der Waals surface area contributed by atoms with Crippen LogP contribution in [0.4, 0.5) is 0 Å². The Morgan fingerprint density at radius 3 is 2.60 bits per heavy atom. The number of carbonyl (C=O) groups excluding carboxylic acids is 1. The highest BCUT2D eigenvalue weighted by Gasteiger charge is 2.13. The first-order chi connectivity index (χ1) is 9.46. The van der Waals surface area contributed by atoms with Crippen LogP contribution >= 0.6 is 0 Å². The van der Waals surface area contributed by atoms with Gasteiger partial charge < -0.3 is 15.3 Å². The molecular weight excluding hydrogens is 262 g/mol. The third-order valence-corrected chi connectivity index (χ3v) is 2.90. The van der Waals surface area contributed by atoms with Gasteiger partial charge in [-0.25, -0.2) is 9.48 Å². The summed E-state index contributed by atoms with van der Waals surface area (Å²) in [6, 6.07) is 0.0184. The molecule has 2 N–H and O–H groups in total. The van der Waals surface area contributed by atoms with Crippen LogP contribution in [-0.4, -0.2) is 62.6 Å². The van der Waals surface area contributed by atoms with Crippen LogP contribution in [0.2, 0.25) is 0 Å². The molecule has 0 saturated carbocycles. The van der Waals surface area contributed by atoms with Crippen LogP contribution in [0.5, 0.6) is 0 Å². The first-order valence-electron chi connectivity index (χ1n) is 6.61. The number of carboxylic acid groups (broad SMARTS) is 1. The number of nitrogens with one attached hydrogen (secondary N) is 1. The van der Waals surface area contributed by atoms with E-state index in [0.29, 0.717) is 0 Å². The van der Waals surface area contributed by atoms with E-state index in [9.17, 15) is 9.59 Å². The second-order valence-corrected chi connectivity index (χ2v) is 4.56. The molecule has 1 amide bonds. The molecule has 0 spiro atoms. The van der Waals surface area contributed by atoms with Gasteiger partial charge in [-0.2, -0.15) is 0 Å². The summed E-state index contributed by atoms with van der Waals surface area (Å²) in [4.78, 5) is 24.6. The first kappa shape index (κ1) is 16.1. The molecule has 0 fully saturated rings. The number of hydrogen-bond acceptors (Lipinski definition) is 5. The number of hydrogen-bond donors (Lipinski definition) is 2. The number of carboxylic acids is 1. The number of nitrogens with zero attached hydrogens (tertiary/aromatic N) is 4. The topological polar surface area (TPSA) is 100 Å². The minimum Gasteiger partial charge on any atom is -0.476 e. The summed E-state index contributed by atoms with van der Waals surface area (Å²) in [6.45, 7) is 8.67. The van der Waals surface area contributed by atoms with Gasteiger partial charge >= 0.3 is 5.97 Å². The highest BCUT2D eigenvalue weighted by molar-refractivity contribution is 5.84. The summed E-state index contributed by atoms with van der Waals surface area (Å²) in [5.41, 5.74) is -0.172. The summed E-state index contributed by atoms with van der Waals surface area (Å²) in [6.07, 6.45) is 1.23. The zero-order valence-electron chi connectivity index (χ0n) is 12.0. The number of aromatic nitrogens is 3. The smallest absolute Gasteiger partial charge is 0.358 e. The Hall–Kier alpha value is -1.96. The Balaban J connectivity index is 2.44. The fourth-order valence-electron chi connectivity index (χ4n) is 1.86. The molecule has 0 aliphatic heterocycles. The molecule has 0 saturated heterocycles. The van der Waals surface area contributed by atoms with Gasteiger partial charge in [0.25, 0.3) is 0 Å². The van der Waals surface area contributed by atoms with E-state index in [-0.39, 0.29) is 24.2 Å². The van der Waals surface area contributed by atoms with Gasteiger partial charge in [-0.05, 0) is 20.0 Å². The van der Waals surface area contributed by atoms with Crippen LogP contribution in [-0.2, 0) is 11.3 Å². The van der Waals surface area contributed by atoms with Gasteiger partial charge in [-0.3, -0.25) is 4.79 Å². The lowest BCUT2D eigenvalue weighted by Gasteiger charge is -2.23. The van der Waals surface area contributed by atoms with Crippen molar-refractivity contribution in [1.29, 1.82) is 0 Å². The molecule has 112 valence electrons. The molecule has 0 aliphatic rings. The Morgan fingerprint density at radius 2 is 2.10 bits per heavy atom. The van der Waals surface area contributed by atoms with Crippen molar-refractivity contribution in [2.45, 2.75) is 33.4 Å². The molecule has 1 atom stereocenters. The third kappa shape index (κ3) is 4.96. The molecule has 8 heteroatoms. The number of aromatic carboxylic acids is 1. The highest BCUT2D eigenvalue weighted by Crippen LogP contribution is 1.95. The minimum absolute atomic E-state index is 0.0184. The molecule has 20 heavy (non-hydrogen) atoms. The molecule has 1 aromatic rings. The molecule has 1 rings (SSSR count). The predicted octanol–water partition coefficient (Wildman–Crippen LogP) is -0.177. The number of likely N-dealkylation sites (N-methyl/N-ethyl adjacent to an activating group) is 1. The third-order valence-electron chi connectivity index (χ3n) is 2.90. The van der Waals surface area contributed by atoms with E-state index in [0.717, 1.165) is 19.6 Å². The van der Waals surface area contributed by atoms with Gasteiger partial charge in [-0.15, -0.1) is 5.10 Å². The number of amides is 1. The van der Waals surface area contributed by atoms with Crippen molar-refractivity contribution < 1.29 is 14.7 Å². The zero-order valence-corrected chi connectivity index (χ0v) is 12.0. The van der Waals surface area contributed by atoms with Crippen molar-refractivity contribution in [3.8, 4) is 0 Å². The van der Waals surface area contributed by atoms with E-state index in [4.69, 9.17) is 5.11 Å². The Bertz CT molecular complexity index is 456. The van der Waals surface area contributed by atoms with E-state index in [2.05, 4.69) is 34.4 Å². The van der Waals surface area contributed by atoms with Crippen LogP contribution in [0.3, 0.4) is 0 Å². The average Bonchev–Trinajstić information content (AvgIpc) is 2.84. The van der Waals surface area contributed by atoms with Gasteiger partial charge in [0.15, 0.2) is 5.69 Å². The van der Waals surface area contributed by atoms with E-state index in [1.807, 2.05) is 6.92 Å². The standard InChI is InChI=1S/C12H21N5O3/c1-4-16(5-2)6-9(3)13-11(18)8-17-7-10(12(19)20)14-15-17/h7,9H,4-6,8H2,1-3H3,(H,13,18)(H,19,20). The monoisotopic (exact) mass is 283 g/mol. The van der Waals surface area contributed by atoms with E-state index in [1.54, 1.807) is 0 Å². The van der Waals surface area contributed by atoms with Gasteiger partial charge in [0, 0.05) is 12.6 Å². The van der Waals surface area contributed by atoms with Crippen molar-refractivity contribution in [2.75, 3.05) is 19.6 Å². The average molecular weight is 283 g/mol. The molecule has 1 aromatic heterocycles. The van der Waals surface area contributed by atoms with Crippen LogP contribution < -0.4 is 5.32 Å². The molecule has 0 radical (unpaired) electrons. The van der Waals surface area contributed by atoms with E-state index in [1.165, 1.54) is 10.9 Å². The summed E-state index contributed by atoms with van der Waals surface area (Å²) in [7, 11) is 0. The minimum atomic E-state index is -1.16. The maximum atomic E-state index is 11.8. The fraction of sp³-hybridized carbons (Fsp3) is 0.667. The van der Waals surface area contributed by atoms with Crippen molar-refractivity contribution in [3.63, 3.8) is 0 Å². The summed E-state index contributed by atoms with van der Waals surface area (Å²) in [5, 5.41) is 18.6. The molecule has 0 aromatic carbocycles. The van der Waals surface area contributed by atoms with Crippen molar-refractivity contribution in [1.82, 2.24) is 25.2 Å². The Morgan fingerprint density at radius 1 is 1.45 bits per heavy atom. The number of rotatable bonds is 8. The summed E-state index contributed by atoms with van der Waals surface area (Å²) < 4.78 is 1.21. The quantitative estimate of drug-likeness (QED) is 0.686. The molecule has 1 unspecified atom stereocenters. The highest BCUT2D eigenvalue weighted by atomic mass is 16.4. The van der Waals surface area contributed by atoms with Crippen LogP contribution in [0, 0.1) is 0 Å². The molecular formula is C12H21N5O3. The Kier molecular flexibility index (Phi) is 6.10. The fourth-order valence-corrected chi connectivity index (χ4v) is 1.86.